The number of benzene rings is 1. The number of piperazine rings is 1. The Morgan fingerprint density at radius 1 is 1.04 bits per heavy atom. The van der Waals surface area contributed by atoms with Gasteiger partial charge in [-0.1, -0.05) is 18.2 Å². The lowest BCUT2D eigenvalue weighted by Crippen LogP contribution is -2.49. The number of carbonyl (C=O) groups excluding carboxylic acids is 3. The fourth-order valence-electron chi connectivity index (χ4n) is 2.72. The highest BCUT2D eigenvalue weighted by Gasteiger charge is 2.21. The van der Waals surface area contributed by atoms with Gasteiger partial charge in [-0.3, -0.25) is 9.59 Å². The predicted molar refractivity (Wildman–Crippen MR) is 97.9 cm³/mol. The largest absolute Gasteiger partial charge is 0.450 e. The maximum atomic E-state index is 12.2. The van der Waals surface area contributed by atoms with Crippen LogP contribution in [0.5, 0.6) is 0 Å². The Morgan fingerprint density at radius 2 is 1.73 bits per heavy atom. The Balaban J connectivity index is 1.62. The van der Waals surface area contributed by atoms with Gasteiger partial charge in [0.05, 0.1) is 13.2 Å². The molecule has 1 aliphatic rings. The fourth-order valence-corrected chi connectivity index (χ4v) is 2.72. The number of para-hydroxylation sites is 1. The van der Waals surface area contributed by atoms with Gasteiger partial charge in [0.2, 0.25) is 11.8 Å². The standard InChI is InChI=1S/C18H26N4O4/c1-2-26-18(25)20-14-16(23)19-9-8-17(24)22-12-10-21(11-13-22)15-6-4-3-5-7-15/h3-7H,2,8-14H2,1H3,(H,19,23)(H,20,25). The lowest BCUT2D eigenvalue weighted by atomic mass is 10.2. The van der Waals surface area contributed by atoms with Gasteiger partial charge in [0.15, 0.2) is 0 Å². The zero-order valence-corrected chi connectivity index (χ0v) is 15.1. The molecule has 0 saturated carbocycles. The van der Waals surface area contributed by atoms with Crippen LogP contribution in [0, 0.1) is 0 Å². The number of rotatable bonds is 7. The van der Waals surface area contributed by atoms with Crippen LogP contribution in [0.2, 0.25) is 0 Å². The third-order valence-electron chi connectivity index (χ3n) is 4.08. The van der Waals surface area contributed by atoms with E-state index >= 15 is 0 Å². The van der Waals surface area contributed by atoms with Gasteiger partial charge < -0.3 is 25.2 Å². The molecule has 0 spiro atoms. The maximum Gasteiger partial charge on any atom is 0.407 e. The zero-order chi connectivity index (χ0) is 18.8. The minimum Gasteiger partial charge on any atom is -0.450 e. The molecule has 3 amide bonds. The van der Waals surface area contributed by atoms with E-state index in [1.165, 1.54) is 5.69 Å². The molecule has 0 bridgehead atoms. The van der Waals surface area contributed by atoms with Crippen molar-refractivity contribution in [2.45, 2.75) is 13.3 Å². The van der Waals surface area contributed by atoms with Crippen molar-refractivity contribution in [3.63, 3.8) is 0 Å². The van der Waals surface area contributed by atoms with Gasteiger partial charge in [0.1, 0.15) is 0 Å². The van der Waals surface area contributed by atoms with Gasteiger partial charge in [-0.05, 0) is 19.1 Å². The van der Waals surface area contributed by atoms with E-state index in [0.717, 1.165) is 13.1 Å². The van der Waals surface area contributed by atoms with Crippen LogP contribution >= 0.6 is 0 Å². The van der Waals surface area contributed by atoms with Gasteiger partial charge in [-0.2, -0.15) is 0 Å². The van der Waals surface area contributed by atoms with Crippen LogP contribution in [0.1, 0.15) is 13.3 Å². The molecule has 8 nitrogen and oxygen atoms in total. The van der Waals surface area contributed by atoms with Gasteiger partial charge in [0.25, 0.3) is 0 Å². The molecule has 2 rings (SSSR count). The Bertz CT molecular complexity index is 600. The number of carbonyl (C=O) groups is 3. The molecular formula is C18H26N4O4. The SMILES string of the molecule is CCOC(=O)NCC(=O)NCCC(=O)N1CCN(c2ccccc2)CC1. The molecule has 1 saturated heterocycles. The highest BCUT2D eigenvalue weighted by molar-refractivity contribution is 5.83. The van der Waals surface area contributed by atoms with Crippen LogP contribution < -0.4 is 15.5 Å². The molecule has 142 valence electrons. The second-order valence-electron chi connectivity index (χ2n) is 5.88. The average molecular weight is 362 g/mol. The predicted octanol–water partition coefficient (Wildman–Crippen LogP) is 0.588. The first-order valence-corrected chi connectivity index (χ1v) is 8.85. The molecule has 1 aromatic carbocycles. The van der Waals surface area contributed by atoms with Crippen molar-refractivity contribution in [2.75, 3.05) is 50.8 Å². The zero-order valence-electron chi connectivity index (χ0n) is 15.1. The van der Waals surface area contributed by atoms with Crippen LogP contribution in [-0.4, -0.2) is 68.7 Å². The number of hydrogen-bond acceptors (Lipinski definition) is 5. The van der Waals surface area contributed by atoms with E-state index in [1.807, 2.05) is 23.1 Å². The van der Waals surface area contributed by atoms with E-state index in [2.05, 4.69) is 32.4 Å². The topological polar surface area (TPSA) is 91.0 Å². The van der Waals surface area contributed by atoms with E-state index in [4.69, 9.17) is 0 Å². The highest BCUT2D eigenvalue weighted by atomic mass is 16.5. The van der Waals surface area contributed by atoms with E-state index < -0.39 is 6.09 Å². The minimum absolute atomic E-state index is 0.0244. The normalized spacial score (nSPS) is 13.9. The van der Waals surface area contributed by atoms with E-state index in [-0.39, 0.29) is 37.9 Å². The number of alkyl carbamates (subject to hydrolysis) is 1. The van der Waals surface area contributed by atoms with Crippen molar-refractivity contribution in [3.05, 3.63) is 30.3 Å². The summed E-state index contributed by atoms with van der Waals surface area (Å²) in [6.07, 6.45) is -0.383. The summed E-state index contributed by atoms with van der Waals surface area (Å²) in [6, 6.07) is 10.1. The van der Waals surface area contributed by atoms with Crippen molar-refractivity contribution in [3.8, 4) is 0 Å². The molecule has 1 aromatic rings. The van der Waals surface area contributed by atoms with Crippen LogP contribution in [0.3, 0.4) is 0 Å². The van der Waals surface area contributed by atoms with Gasteiger partial charge in [-0.25, -0.2) is 4.79 Å². The van der Waals surface area contributed by atoms with Crippen LogP contribution in [0.4, 0.5) is 10.5 Å². The van der Waals surface area contributed by atoms with Gasteiger partial charge in [0, 0.05) is 44.8 Å². The molecule has 1 heterocycles. The van der Waals surface area contributed by atoms with Crippen molar-refractivity contribution in [2.24, 2.45) is 0 Å². The van der Waals surface area contributed by atoms with Gasteiger partial charge >= 0.3 is 6.09 Å². The summed E-state index contributed by atoms with van der Waals surface area (Å²) in [5.41, 5.74) is 1.17. The fraction of sp³-hybridized carbons (Fsp3) is 0.500. The molecule has 1 aliphatic heterocycles. The quantitative estimate of drug-likeness (QED) is 0.741. The minimum atomic E-state index is -0.630. The summed E-state index contributed by atoms with van der Waals surface area (Å²) in [6.45, 7) is 4.96. The summed E-state index contributed by atoms with van der Waals surface area (Å²) in [7, 11) is 0. The number of nitrogens with zero attached hydrogens (tertiary/aromatic N) is 2. The average Bonchev–Trinajstić information content (AvgIpc) is 2.67. The smallest absolute Gasteiger partial charge is 0.407 e. The molecule has 0 unspecified atom stereocenters. The second-order valence-corrected chi connectivity index (χ2v) is 5.88. The third kappa shape index (κ3) is 6.27. The Kier molecular flexibility index (Phi) is 7.73. The second kappa shape index (κ2) is 10.3. The lowest BCUT2D eigenvalue weighted by molar-refractivity contribution is -0.131. The number of nitrogens with one attached hydrogen (secondary N) is 2. The van der Waals surface area contributed by atoms with E-state index in [1.54, 1.807) is 6.92 Å². The molecule has 2 N–H and O–H groups in total. The molecule has 8 heteroatoms. The Morgan fingerprint density at radius 3 is 2.38 bits per heavy atom. The summed E-state index contributed by atoms with van der Waals surface area (Å²) < 4.78 is 4.66. The number of ether oxygens (including phenoxy) is 1. The molecule has 1 fully saturated rings. The van der Waals surface area contributed by atoms with Crippen LogP contribution in [0.25, 0.3) is 0 Å². The van der Waals surface area contributed by atoms with E-state index in [9.17, 15) is 14.4 Å². The maximum absolute atomic E-state index is 12.2. The summed E-state index contributed by atoms with van der Waals surface area (Å²) in [5.74, 6) is -0.323. The monoisotopic (exact) mass is 362 g/mol. The number of amides is 3. The summed E-state index contributed by atoms with van der Waals surface area (Å²) in [4.78, 5) is 39.0. The third-order valence-corrected chi connectivity index (χ3v) is 4.08. The van der Waals surface area contributed by atoms with Crippen LogP contribution in [-0.2, 0) is 14.3 Å². The molecule has 0 atom stereocenters. The van der Waals surface area contributed by atoms with Crippen molar-refractivity contribution < 1.29 is 19.1 Å². The first-order chi connectivity index (χ1) is 12.6. The van der Waals surface area contributed by atoms with Crippen molar-refractivity contribution >= 4 is 23.6 Å². The molecule has 26 heavy (non-hydrogen) atoms. The Labute approximate surface area is 153 Å². The number of hydrogen-bond donors (Lipinski definition) is 2. The summed E-state index contributed by atoms with van der Waals surface area (Å²) >= 11 is 0. The molecule has 0 radical (unpaired) electrons. The van der Waals surface area contributed by atoms with Crippen LogP contribution in [0.15, 0.2) is 30.3 Å². The van der Waals surface area contributed by atoms with Crippen molar-refractivity contribution in [1.29, 1.82) is 0 Å². The first kappa shape index (κ1) is 19.6. The number of anilines is 1. The molecule has 0 aromatic heterocycles. The molecule has 0 aliphatic carbocycles. The van der Waals surface area contributed by atoms with Gasteiger partial charge in [-0.15, -0.1) is 0 Å². The van der Waals surface area contributed by atoms with Crippen molar-refractivity contribution in [1.82, 2.24) is 15.5 Å². The Hall–Kier alpha value is -2.77. The molecular weight excluding hydrogens is 336 g/mol. The first-order valence-electron chi connectivity index (χ1n) is 8.85. The summed E-state index contributed by atoms with van der Waals surface area (Å²) in [5, 5.41) is 4.95. The van der Waals surface area contributed by atoms with E-state index in [0.29, 0.717) is 13.1 Å². The highest BCUT2D eigenvalue weighted by Crippen LogP contribution is 2.15. The lowest BCUT2D eigenvalue weighted by Gasteiger charge is -2.36.